The fraction of sp³-hybridized carbons (Fsp3) is 0.333. The van der Waals surface area contributed by atoms with Crippen LogP contribution < -0.4 is 9.64 Å². The molecule has 0 N–H and O–H groups in total. The van der Waals surface area contributed by atoms with Gasteiger partial charge in [0.2, 0.25) is 0 Å². The summed E-state index contributed by atoms with van der Waals surface area (Å²) in [6.45, 7) is 6.47. The van der Waals surface area contributed by atoms with E-state index in [9.17, 15) is 4.79 Å². The second-order valence-electron chi connectivity index (χ2n) is 8.42. The maximum Gasteiger partial charge on any atom is 0.414 e. The summed E-state index contributed by atoms with van der Waals surface area (Å²) >= 11 is 6.29. The van der Waals surface area contributed by atoms with Crippen molar-refractivity contribution in [1.29, 1.82) is 0 Å². The van der Waals surface area contributed by atoms with E-state index in [-0.39, 0.29) is 12.0 Å². The van der Waals surface area contributed by atoms with Crippen LogP contribution in [0.2, 0.25) is 0 Å². The lowest BCUT2D eigenvalue weighted by atomic mass is 9.97. The molecule has 156 valence electrons. The van der Waals surface area contributed by atoms with Crippen LogP contribution in [0.15, 0.2) is 54.7 Å². The Morgan fingerprint density at radius 1 is 1.20 bits per heavy atom. The first-order valence-electron chi connectivity index (χ1n) is 10.0. The molecule has 0 bridgehead atoms. The van der Waals surface area contributed by atoms with Crippen LogP contribution in [-0.4, -0.2) is 29.1 Å². The lowest BCUT2D eigenvalue weighted by Gasteiger charge is -2.25. The van der Waals surface area contributed by atoms with Crippen molar-refractivity contribution in [3.8, 4) is 5.75 Å². The van der Waals surface area contributed by atoms with E-state index >= 15 is 0 Å². The lowest BCUT2D eigenvalue weighted by Crippen LogP contribution is -2.36. The fourth-order valence-corrected chi connectivity index (χ4v) is 4.00. The van der Waals surface area contributed by atoms with Gasteiger partial charge in [0.25, 0.3) is 0 Å². The summed E-state index contributed by atoms with van der Waals surface area (Å²) in [5.41, 5.74) is 3.05. The second-order valence-corrected chi connectivity index (χ2v) is 8.73. The maximum absolute atomic E-state index is 12.9. The molecular weight excluding hydrogens is 400 g/mol. The summed E-state index contributed by atoms with van der Waals surface area (Å²) < 4.78 is 11.8. The Hall–Kier alpha value is -2.79. The van der Waals surface area contributed by atoms with Crippen LogP contribution in [0.5, 0.6) is 5.75 Å². The number of carbonyl (C=O) groups excluding carboxylic acids is 1. The van der Waals surface area contributed by atoms with Gasteiger partial charge in [-0.2, -0.15) is 0 Å². The molecule has 0 unspecified atom stereocenters. The zero-order valence-electron chi connectivity index (χ0n) is 17.4. The molecule has 1 aliphatic heterocycles. The Morgan fingerprint density at radius 2 is 1.97 bits per heavy atom. The van der Waals surface area contributed by atoms with Gasteiger partial charge in [-0.1, -0.05) is 36.4 Å². The summed E-state index contributed by atoms with van der Waals surface area (Å²) in [5, 5.41) is 0.953. The van der Waals surface area contributed by atoms with Gasteiger partial charge in [0.15, 0.2) is 0 Å². The molecular formula is C24H25ClN2O3. The van der Waals surface area contributed by atoms with Gasteiger partial charge in [0, 0.05) is 36.0 Å². The summed E-state index contributed by atoms with van der Waals surface area (Å²) in [7, 11) is 0. The molecule has 0 saturated heterocycles. The van der Waals surface area contributed by atoms with Crippen LogP contribution in [0.1, 0.15) is 37.8 Å². The topological polar surface area (TPSA) is 51.7 Å². The number of benzene rings is 2. The molecule has 6 heteroatoms. The minimum Gasteiger partial charge on any atom is -0.487 e. The highest BCUT2D eigenvalue weighted by atomic mass is 35.5. The van der Waals surface area contributed by atoms with Crippen molar-refractivity contribution < 1.29 is 14.3 Å². The third-order valence-electron chi connectivity index (χ3n) is 5.01. The molecule has 0 radical (unpaired) electrons. The number of fused-ring (bicyclic) bond motifs is 3. The first-order chi connectivity index (χ1) is 14.4. The molecule has 1 aliphatic rings. The molecule has 5 nitrogen and oxygen atoms in total. The van der Waals surface area contributed by atoms with E-state index in [0.29, 0.717) is 24.8 Å². The highest BCUT2D eigenvalue weighted by molar-refractivity contribution is 6.19. The number of halogens is 1. The average Bonchev–Trinajstić information content (AvgIpc) is 3.10. The van der Waals surface area contributed by atoms with Crippen molar-refractivity contribution >= 4 is 34.3 Å². The van der Waals surface area contributed by atoms with Crippen LogP contribution >= 0.6 is 11.6 Å². The van der Waals surface area contributed by atoms with Crippen LogP contribution in [0, 0.1) is 0 Å². The van der Waals surface area contributed by atoms with Crippen LogP contribution in [-0.2, 0) is 11.3 Å². The van der Waals surface area contributed by atoms with E-state index in [4.69, 9.17) is 21.1 Å². The van der Waals surface area contributed by atoms with E-state index in [2.05, 4.69) is 4.98 Å². The first kappa shape index (κ1) is 20.5. The van der Waals surface area contributed by atoms with Gasteiger partial charge in [-0.25, -0.2) is 4.79 Å². The van der Waals surface area contributed by atoms with Crippen LogP contribution in [0.3, 0.4) is 0 Å². The third kappa shape index (κ3) is 4.08. The first-order valence-corrected chi connectivity index (χ1v) is 10.6. The van der Waals surface area contributed by atoms with Gasteiger partial charge in [0.05, 0.1) is 5.69 Å². The molecule has 1 aromatic heterocycles. The summed E-state index contributed by atoms with van der Waals surface area (Å²) in [4.78, 5) is 19.1. The average molecular weight is 425 g/mol. The van der Waals surface area contributed by atoms with E-state index < -0.39 is 5.60 Å². The number of pyridine rings is 1. The number of hydrogen-bond donors (Lipinski definition) is 0. The monoisotopic (exact) mass is 424 g/mol. The Bertz CT molecular complexity index is 1060. The van der Waals surface area contributed by atoms with Gasteiger partial charge in [-0.05, 0) is 38.0 Å². The molecule has 4 rings (SSSR count). The quantitative estimate of drug-likeness (QED) is 0.490. The van der Waals surface area contributed by atoms with E-state index in [0.717, 1.165) is 27.7 Å². The largest absolute Gasteiger partial charge is 0.487 e. The number of rotatable bonds is 4. The van der Waals surface area contributed by atoms with E-state index in [1.807, 2.05) is 69.3 Å². The number of nitrogens with zero attached hydrogens (tertiary/aromatic N) is 2. The van der Waals surface area contributed by atoms with Gasteiger partial charge >= 0.3 is 6.09 Å². The SMILES string of the molecule is CC(C)(C)OC(=O)N1C[C@@H](CCl)c2c1cc(OCc1ccccc1)c1ncccc21. The summed E-state index contributed by atoms with van der Waals surface area (Å²) in [5.74, 6) is 1.04. The second kappa shape index (κ2) is 8.15. The molecule has 2 aromatic carbocycles. The predicted molar refractivity (Wildman–Crippen MR) is 120 cm³/mol. The van der Waals surface area contributed by atoms with Crippen molar-refractivity contribution in [3.05, 3.63) is 65.9 Å². The molecule has 0 aliphatic carbocycles. The zero-order chi connectivity index (χ0) is 21.3. The van der Waals surface area contributed by atoms with Gasteiger partial charge in [-0.3, -0.25) is 9.88 Å². The number of alkyl halides is 1. The summed E-state index contributed by atoms with van der Waals surface area (Å²) in [6, 6.07) is 15.8. The maximum atomic E-state index is 12.9. The smallest absolute Gasteiger partial charge is 0.414 e. The Balaban J connectivity index is 1.77. The van der Waals surface area contributed by atoms with Crippen LogP contribution in [0.25, 0.3) is 10.9 Å². The number of anilines is 1. The molecule has 1 amide bonds. The van der Waals surface area contributed by atoms with Gasteiger partial charge in [0.1, 0.15) is 23.5 Å². The lowest BCUT2D eigenvalue weighted by molar-refractivity contribution is 0.0582. The van der Waals surface area contributed by atoms with Crippen molar-refractivity contribution in [1.82, 2.24) is 4.98 Å². The number of amides is 1. The van der Waals surface area contributed by atoms with E-state index in [1.54, 1.807) is 11.1 Å². The zero-order valence-corrected chi connectivity index (χ0v) is 18.1. The van der Waals surface area contributed by atoms with Crippen molar-refractivity contribution in [2.75, 3.05) is 17.3 Å². The van der Waals surface area contributed by atoms with Crippen molar-refractivity contribution in [2.45, 2.75) is 38.9 Å². The summed E-state index contributed by atoms with van der Waals surface area (Å²) in [6.07, 6.45) is 1.37. The number of hydrogen-bond acceptors (Lipinski definition) is 4. The molecule has 30 heavy (non-hydrogen) atoms. The van der Waals surface area contributed by atoms with Crippen LogP contribution in [0.4, 0.5) is 10.5 Å². The molecule has 0 fully saturated rings. The number of carbonyl (C=O) groups is 1. The minimum atomic E-state index is -0.582. The Kier molecular flexibility index (Phi) is 5.56. The van der Waals surface area contributed by atoms with Gasteiger partial charge in [-0.15, -0.1) is 11.6 Å². The molecule has 1 atom stereocenters. The standard InChI is InChI=1S/C24H25ClN2O3/c1-24(2,3)30-23(28)27-14-17(13-25)21-18-10-7-11-26-22(18)20(12-19(21)27)29-15-16-8-5-4-6-9-16/h4-12,17H,13-15H2,1-3H3/t17-/m1/s1. The Labute approximate surface area is 181 Å². The predicted octanol–water partition coefficient (Wildman–Crippen LogP) is 5.89. The van der Waals surface area contributed by atoms with E-state index in [1.165, 1.54) is 0 Å². The van der Waals surface area contributed by atoms with Gasteiger partial charge < -0.3 is 9.47 Å². The normalized spacial score (nSPS) is 15.9. The molecule has 0 spiro atoms. The Morgan fingerprint density at radius 3 is 2.67 bits per heavy atom. The van der Waals surface area contributed by atoms with Crippen molar-refractivity contribution in [3.63, 3.8) is 0 Å². The highest BCUT2D eigenvalue weighted by Gasteiger charge is 2.37. The molecule has 2 heterocycles. The molecule has 3 aromatic rings. The minimum absolute atomic E-state index is 0.00376. The fourth-order valence-electron chi connectivity index (χ4n) is 3.75. The van der Waals surface area contributed by atoms with Crippen molar-refractivity contribution in [2.24, 2.45) is 0 Å². The highest BCUT2D eigenvalue weighted by Crippen LogP contribution is 2.45. The number of aromatic nitrogens is 1. The number of ether oxygens (including phenoxy) is 2. The third-order valence-corrected chi connectivity index (χ3v) is 5.39. The molecule has 0 saturated carbocycles.